The van der Waals surface area contributed by atoms with Crippen molar-refractivity contribution < 1.29 is 0 Å². The van der Waals surface area contributed by atoms with Gasteiger partial charge in [0.25, 0.3) is 0 Å². The number of nitrogens with two attached hydrogens (primary N) is 1. The van der Waals surface area contributed by atoms with Crippen molar-refractivity contribution in [3.05, 3.63) is 41.7 Å². The maximum absolute atomic E-state index is 6.11. The van der Waals surface area contributed by atoms with Crippen LogP contribution < -0.4 is 5.73 Å². The van der Waals surface area contributed by atoms with E-state index in [4.69, 9.17) is 10.7 Å². The number of benzene rings is 1. The van der Waals surface area contributed by atoms with E-state index in [2.05, 4.69) is 58.1 Å². The zero-order chi connectivity index (χ0) is 21.4. The van der Waals surface area contributed by atoms with Crippen LogP contribution in [0.3, 0.4) is 0 Å². The van der Waals surface area contributed by atoms with Crippen molar-refractivity contribution >= 4 is 27.9 Å². The number of fused-ring (bicyclic) bond motifs is 2. The highest BCUT2D eigenvalue weighted by Crippen LogP contribution is 2.31. The Labute approximate surface area is 183 Å². The van der Waals surface area contributed by atoms with Crippen molar-refractivity contribution in [2.75, 3.05) is 12.8 Å². The van der Waals surface area contributed by atoms with E-state index in [1.165, 1.54) is 43.1 Å². The molecule has 3 heterocycles. The molecule has 1 aromatic carbocycles. The van der Waals surface area contributed by atoms with Crippen LogP contribution in [0, 0.1) is 0 Å². The second-order valence-corrected chi connectivity index (χ2v) is 9.04. The molecule has 31 heavy (non-hydrogen) atoms. The van der Waals surface area contributed by atoms with Gasteiger partial charge in [0, 0.05) is 41.2 Å². The molecule has 0 radical (unpaired) electrons. The van der Waals surface area contributed by atoms with Gasteiger partial charge in [-0.25, -0.2) is 9.97 Å². The lowest BCUT2D eigenvalue weighted by Gasteiger charge is -2.31. The first-order chi connectivity index (χ1) is 15.1. The van der Waals surface area contributed by atoms with Crippen molar-refractivity contribution in [2.45, 2.75) is 64.5 Å². The standard InChI is InChI=1S/C25H32N6/c1-3-7-23-29-24-19(14-22(26)28-25(24)30-23)21-13-17-12-16(10-11-20(17)27-21)15-31(2)18-8-5-4-6-9-18/h10-14,18,27H,3-9,15H2,1-2H3,(H3,26,28,29,30). The molecular weight excluding hydrogens is 384 g/mol. The summed E-state index contributed by atoms with van der Waals surface area (Å²) in [6, 6.07) is 11.6. The third-order valence-corrected chi connectivity index (χ3v) is 6.61. The molecule has 162 valence electrons. The number of aryl methyl sites for hydroxylation is 1. The second kappa shape index (κ2) is 8.35. The van der Waals surface area contributed by atoms with Gasteiger partial charge >= 0.3 is 0 Å². The molecule has 0 atom stereocenters. The molecule has 5 rings (SSSR count). The minimum absolute atomic E-state index is 0.502. The van der Waals surface area contributed by atoms with Gasteiger partial charge in [0.15, 0.2) is 5.65 Å². The maximum atomic E-state index is 6.11. The third kappa shape index (κ3) is 4.04. The van der Waals surface area contributed by atoms with Gasteiger partial charge in [0.2, 0.25) is 0 Å². The number of hydrogen-bond acceptors (Lipinski definition) is 4. The van der Waals surface area contributed by atoms with Crippen LogP contribution in [0.5, 0.6) is 0 Å². The van der Waals surface area contributed by atoms with Gasteiger partial charge in [0.05, 0.1) is 0 Å². The molecule has 0 saturated heterocycles. The lowest BCUT2D eigenvalue weighted by Crippen LogP contribution is -2.32. The van der Waals surface area contributed by atoms with Crippen LogP contribution in [0.25, 0.3) is 33.3 Å². The lowest BCUT2D eigenvalue weighted by molar-refractivity contribution is 0.184. The number of anilines is 1. The molecule has 0 aliphatic heterocycles. The average molecular weight is 417 g/mol. The molecule has 4 N–H and O–H groups in total. The molecule has 0 spiro atoms. The Kier molecular flexibility index (Phi) is 5.40. The second-order valence-electron chi connectivity index (χ2n) is 9.04. The number of hydrogen-bond donors (Lipinski definition) is 3. The summed E-state index contributed by atoms with van der Waals surface area (Å²) in [5.74, 6) is 1.46. The lowest BCUT2D eigenvalue weighted by atomic mass is 9.94. The summed E-state index contributed by atoms with van der Waals surface area (Å²) in [4.78, 5) is 18.7. The normalized spacial score (nSPS) is 15.5. The summed E-state index contributed by atoms with van der Waals surface area (Å²) in [5, 5.41) is 1.22. The molecule has 1 saturated carbocycles. The molecule has 1 fully saturated rings. The molecule has 0 bridgehead atoms. The maximum Gasteiger partial charge on any atom is 0.160 e. The fourth-order valence-electron chi connectivity index (χ4n) is 4.98. The van der Waals surface area contributed by atoms with Crippen LogP contribution in [0.15, 0.2) is 30.3 Å². The van der Waals surface area contributed by atoms with Crippen molar-refractivity contribution in [1.29, 1.82) is 0 Å². The van der Waals surface area contributed by atoms with Crippen LogP contribution in [-0.4, -0.2) is 37.9 Å². The van der Waals surface area contributed by atoms with Crippen molar-refractivity contribution in [3.8, 4) is 11.3 Å². The Morgan fingerprint density at radius 3 is 2.71 bits per heavy atom. The molecule has 4 aromatic rings. The fourth-order valence-corrected chi connectivity index (χ4v) is 4.98. The summed E-state index contributed by atoms with van der Waals surface area (Å²) in [6.45, 7) is 3.14. The Morgan fingerprint density at radius 1 is 1.06 bits per heavy atom. The number of H-pyrrole nitrogens is 2. The number of imidazole rings is 1. The van der Waals surface area contributed by atoms with E-state index in [9.17, 15) is 0 Å². The Hall–Kier alpha value is -2.86. The highest BCUT2D eigenvalue weighted by atomic mass is 15.1. The Bertz CT molecular complexity index is 1200. The van der Waals surface area contributed by atoms with Crippen molar-refractivity contribution in [2.24, 2.45) is 0 Å². The van der Waals surface area contributed by atoms with Gasteiger partial charge in [-0.2, -0.15) is 0 Å². The van der Waals surface area contributed by atoms with E-state index in [0.717, 1.165) is 59.2 Å². The minimum atomic E-state index is 0.502. The number of aromatic nitrogens is 4. The minimum Gasteiger partial charge on any atom is -0.384 e. The fraction of sp³-hybridized carbons (Fsp3) is 0.440. The van der Waals surface area contributed by atoms with Gasteiger partial charge in [0.1, 0.15) is 17.2 Å². The first-order valence-corrected chi connectivity index (χ1v) is 11.6. The first kappa shape index (κ1) is 20.1. The zero-order valence-corrected chi connectivity index (χ0v) is 18.5. The van der Waals surface area contributed by atoms with Gasteiger partial charge in [-0.15, -0.1) is 0 Å². The van der Waals surface area contributed by atoms with Crippen molar-refractivity contribution in [1.82, 2.24) is 24.8 Å². The summed E-state index contributed by atoms with van der Waals surface area (Å²) in [6.07, 6.45) is 8.73. The van der Waals surface area contributed by atoms with Gasteiger partial charge < -0.3 is 15.7 Å². The number of nitrogen functional groups attached to an aromatic ring is 1. The number of nitrogens with one attached hydrogen (secondary N) is 2. The summed E-state index contributed by atoms with van der Waals surface area (Å²) >= 11 is 0. The van der Waals surface area contributed by atoms with Crippen LogP contribution in [0.2, 0.25) is 0 Å². The SMILES string of the molecule is CCCc1nc2c(-c3cc4cc(CN(C)C5CCCCC5)ccc4[nH]3)cc(N)nc2[nH]1. The molecule has 0 amide bonds. The van der Waals surface area contributed by atoms with E-state index < -0.39 is 0 Å². The predicted octanol–water partition coefficient (Wildman–Crippen LogP) is 5.41. The summed E-state index contributed by atoms with van der Waals surface area (Å²) in [5.41, 5.74) is 12.3. The monoisotopic (exact) mass is 416 g/mol. The van der Waals surface area contributed by atoms with E-state index >= 15 is 0 Å². The number of aromatic amines is 2. The van der Waals surface area contributed by atoms with E-state index in [-0.39, 0.29) is 0 Å². The Balaban J connectivity index is 1.46. The number of rotatable bonds is 6. The number of pyridine rings is 1. The molecule has 6 heteroatoms. The highest BCUT2D eigenvalue weighted by molar-refractivity contribution is 5.95. The van der Waals surface area contributed by atoms with Gasteiger partial charge in [-0.3, -0.25) is 4.90 Å². The summed E-state index contributed by atoms with van der Waals surface area (Å²) < 4.78 is 0. The third-order valence-electron chi connectivity index (χ3n) is 6.61. The molecule has 1 aliphatic rings. The highest BCUT2D eigenvalue weighted by Gasteiger charge is 2.18. The van der Waals surface area contributed by atoms with Crippen LogP contribution in [0.1, 0.15) is 56.8 Å². The van der Waals surface area contributed by atoms with Gasteiger partial charge in [-0.05, 0) is 56.1 Å². The molecule has 0 unspecified atom stereocenters. The molecular formula is C25H32N6. The number of nitrogens with zero attached hydrogens (tertiary/aromatic N) is 3. The molecule has 1 aliphatic carbocycles. The predicted molar refractivity (Wildman–Crippen MR) is 128 cm³/mol. The van der Waals surface area contributed by atoms with E-state index in [1.54, 1.807) is 0 Å². The van der Waals surface area contributed by atoms with Crippen LogP contribution in [0.4, 0.5) is 5.82 Å². The van der Waals surface area contributed by atoms with E-state index in [1.807, 2.05) is 6.07 Å². The summed E-state index contributed by atoms with van der Waals surface area (Å²) in [7, 11) is 2.27. The average Bonchev–Trinajstić information content (AvgIpc) is 3.37. The van der Waals surface area contributed by atoms with Crippen molar-refractivity contribution in [3.63, 3.8) is 0 Å². The molecule has 6 nitrogen and oxygen atoms in total. The topological polar surface area (TPSA) is 86.6 Å². The largest absolute Gasteiger partial charge is 0.384 e. The van der Waals surface area contributed by atoms with Crippen LogP contribution >= 0.6 is 0 Å². The van der Waals surface area contributed by atoms with E-state index in [0.29, 0.717) is 5.82 Å². The van der Waals surface area contributed by atoms with Gasteiger partial charge in [-0.1, -0.05) is 32.3 Å². The quantitative estimate of drug-likeness (QED) is 0.392. The smallest absolute Gasteiger partial charge is 0.160 e. The van der Waals surface area contributed by atoms with Crippen LogP contribution in [-0.2, 0) is 13.0 Å². The Morgan fingerprint density at radius 2 is 1.90 bits per heavy atom. The zero-order valence-electron chi connectivity index (χ0n) is 18.5. The first-order valence-electron chi connectivity index (χ1n) is 11.6. The molecule has 3 aromatic heterocycles.